The molecule has 0 fully saturated rings. The van der Waals surface area contributed by atoms with Gasteiger partial charge in [0.1, 0.15) is 12.4 Å². The van der Waals surface area contributed by atoms with Gasteiger partial charge in [-0.25, -0.2) is 14.6 Å². The van der Waals surface area contributed by atoms with E-state index in [0.29, 0.717) is 49.8 Å². The molecule has 3 aromatic carbocycles. The van der Waals surface area contributed by atoms with Gasteiger partial charge >= 0.3 is 11.9 Å². The van der Waals surface area contributed by atoms with Gasteiger partial charge in [0.2, 0.25) is 0 Å². The van der Waals surface area contributed by atoms with Crippen LogP contribution in [0.25, 0.3) is 6.08 Å². The maximum absolute atomic E-state index is 13.9. The van der Waals surface area contributed by atoms with Crippen LogP contribution in [0.1, 0.15) is 46.9 Å². The maximum Gasteiger partial charge on any atom is 0.337 e. The number of rotatable bonds is 11. The number of carboxylic acids is 1. The second-order valence-corrected chi connectivity index (χ2v) is 11.6. The monoisotopic (exact) mass is 692 g/mol. The van der Waals surface area contributed by atoms with Gasteiger partial charge in [0.05, 0.1) is 46.5 Å². The molecule has 1 N–H and O–H groups in total. The third-order valence-electron chi connectivity index (χ3n) is 6.86. The van der Waals surface area contributed by atoms with Crippen LogP contribution in [0.5, 0.6) is 17.2 Å². The summed E-state index contributed by atoms with van der Waals surface area (Å²) >= 11 is 4.76. The van der Waals surface area contributed by atoms with Crippen LogP contribution in [0.15, 0.2) is 86.7 Å². The first-order valence-corrected chi connectivity index (χ1v) is 15.6. The first kappa shape index (κ1) is 31.7. The van der Waals surface area contributed by atoms with E-state index in [1.807, 2.05) is 26.0 Å². The molecule has 0 aliphatic carbocycles. The number of hydrogen-bond donors (Lipinski definition) is 1. The van der Waals surface area contributed by atoms with Crippen LogP contribution in [0.2, 0.25) is 0 Å². The fourth-order valence-corrected chi connectivity index (χ4v) is 6.25. The number of carbonyl (C=O) groups excluding carboxylic acids is 1. The Bertz CT molecular complexity index is 1960. The second kappa shape index (κ2) is 14.0. The zero-order valence-electron chi connectivity index (χ0n) is 24.6. The van der Waals surface area contributed by atoms with Gasteiger partial charge in [-0.15, -0.1) is 0 Å². The minimum atomic E-state index is -0.987. The predicted octanol–water partition coefficient (Wildman–Crippen LogP) is 4.86. The van der Waals surface area contributed by atoms with Gasteiger partial charge in [-0.05, 0) is 88.9 Å². The van der Waals surface area contributed by atoms with Crippen LogP contribution in [0, 0.1) is 0 Å². The van der Waals surface area contributed by atoms with E-state index in [-0.39, 0.29) is 23.3 Å². The smallest absolute Gasteiger partial charge is 0.337 e. The highest BCUT2D eigenvalue weighted by Gasteiger charge is 2.31. The highest BCUT2D eigenvalue weighted by molar-refractivity contribution is 9.10. The van der Waals surface area contributed by atoms with Crippen molar-refractivity contribution in [3.63, 3.8) is 0 Å². The molecule has 1 aromatic heterocycles. The van der Waals surface area contributed by atoms with Gasteiger partial charge < -0.3 is 24.1 Å². The zero-order chi connectivity index (χ0) is 32.1. The molecule has 5 rings (SSSR count). The topological polar surface area (TPSA) is 126 Å². The summed E-state index contributed by atoms with van der Waals surface area (Å²) in [6.45, 7) is 4.85. The van der Waals surface area contributed by atoms with Crippen LogP contribution < -0.4 is 29.1 Å². The summed E-state index contributed by atoms with van der Waals surface area (Å²) in [7, 11) is 1.29. The number of halogens is 1. The number of carbonyl (C=O) groups is 2. The SMILES string of the molecule is CCOc1ccc([C@H]2C(C(=O)OC)=CN=c3s/c(=C\c4ccc(OCc5ccc(C(=O)O)cc5)c(Br)c4)c(=O)n32)cc1OCC. The molecule has 1 aliphatic rings. The number of aromatic nitrogens is 1. The molecule has 0 saturated carbocycles. The molecule has 0 amide bonds. The summed E-state index contributed by atoms with van der Waals surface area (Å²) in [5.74, 6) is 0.0683. The van der Waals surface area contributed by atoms with E-state index in [4.69, 9.17) is 24.1 Å². The van der Waals surface area contributed by atoms with E-state index >= 15 is 0 Å². The van der Waals surface area contributed by atoms with Crippen molar-refractivity contribution in [1.82, 2.24) is 4.57 Å². The van der Waals surface area contributed by atoms with Crippen molar-refractivity contribution in [3.05, 3.63) is 119 Å². The Labute approximate surface area is 270 Å². The van der Waals surface area contributed by atoms with Crippen molar-refractivity contribution < 1.29 is 33.6 Å². The molecule has 4 aromatic rings. The summed E-state index contributed by atoms with van der Waals surface area (Å²) in [5, 5.41) is 9.08. The van der Waals surface area contributed by atoms with Crippen LogP contribution >= 0.6 is 27.3 Å². The van der Waals surface area contributed by atoms with Crippen molar-refractivity contribution in [3.8, 4) is 17.2 Å². The number of fused-ring (bicyclic) bond motifs is 1. The lowest BCUT2D eigenvalue weighted by Gasteiger charge is -2.23. The number of carboxylic acid groups (broad SMARTS) is 1. The largest absolute Gasteiger partial charge is 0.490 e. The fourth-order valence-electron chi connectivity index (χ4n) is 4.77. The first-order valence-electron chi connectivity index (χ1n) is 14.0. The molecule has 0 radical (unpaired) electrons. The average Bonchev–Trinajstić information content (AvgIpc) is 3.35. The Hall–Kier alpha value is -4.68. The van der Waals surface area contributed by atoms with E-state index < -0.39 is 18.0 Å². The molecule has 0 saturated heterocycles. The Balaban J connectivity index is 1.48. The van der Waals surface area contributed by atoms with Crippen molar-refractivity contribution in [2.75, 3.05) is 20.3 Å². The van der Waals surface area contributed by atoms with Gasteiger partial charge in [0, 0.05) is 6.20 Å². The molecular weight excluding hydrogens is 664 g/mol. The van der Waals surface area contributed by atoms with Crippen LogP contribution in [-0.2, 0) is 16.1 Å². The van der Waals surface area contributed by atoms with E-state index in [1.165, 1.54) is 41.3 Å². The minimum Gasteiger partial charge on any atom is -0.490 e. The number of benzene rings is 3. The molecule has 232 valence electrons. The lowest BCUT2D eigenvalue weighted by molar-refractivity contribution is -0.136. The summed E-state index contributed by atoms with van der Waals surface area (Å²) in [6, 6.07) is 16.4. The lowest BCUT2D eigenvalue weighted by Crippen LogP contribution is -2.39. The van der Waals surface area contributed by atoms with E-state index in [9.17, 15) is 14.4 Å². The zero-order valence-corrected chi connectivity index (χ0v) is 27.0. The van der Waals surface area contributed by atoms with Gasteiger partial charge in [0.15, 0.2) is 16.3 Å². The van der Waals surface area contributed by atoms with Crippen LogP contribution in [0.3, 0.4) is 0 Å². The third kappa shape index (κ3) is 6.86. The highest BCUT2D eigenvalue weighted by Crippen LogP contribution is 2.35. The molecule has 1 atom stereocenters. The number of methoxy groups -OCH3 is 1. The number of aromatic carboxylic acids is 1. The Kier molecular flexibility index (Phi) is 9.84. The van der Waals surface area contributed by atoms with Gasteiger partial charge in [-0.3, -0.25) is 9.36 Å². The van der Waals surface area contributed by atoms with Crippen LogP contribution in [0.4, 0.5) is 0 Å². The number of hydrogen-bond acceptors (Lipinski definition) is 9. The van der Waals surface area contributed by atoms with Crippen molar-refractivity contribution >= 4 is 45.3 Å². The normalized spacial score (nSPS) is 14.2. The fraction of sp³-hybridized carbons (Fsp3) is 0.212. The summed E-state index contributed by atoms with van der Waals surface area (Å²) in [5.41, 5.74) is 2.31. The third-order valence-corrected chi connectivity index (χ3v) is 8.47. The van der Waals surface area contributed by atoms with E-state index in [1.54, 1.807) is 42.5 Å². The Morgan fingerprint density at radius 1 is 0.978 bits per heavy atom. The molecular formula is C33H29BrN2O8S. The van der Waals surface area contributed by atoms with Crippen molar-refractivity contribution in [2.24, 2.45) is 4.99 Å². The molecule has 1 aliphatic heterocycles. The Morgan fingerprint density at radius 2 is 1.69 bits per heavy atom. The van der Waals surface area contributed by atoms with Gasteiger partial charge in [-0.1, -0.05) is 35.6 Å². The average molecular weight is 694 g/mol. The molecule has 10 nitrogen and oxygen atoms in total. The summed E-state index contributed by atoms with van der Waals surface area (Å²) < 4.78 is 25.1. The number of thiazole rings is 1. The quantitative estimate of drug-likeness (QED) is 0.221. The number of esters is 1. The summed E-state index contributed by atoms with van der Waals surface area (Å²) in [4.78, 5) is 42.7. The number of nitrogens with zero attached hydrogens (tertiary/aromatic N) is 2. The highest BCUT2D eigenvalue weighted by atomic mass is 79.9. The van der Waals surface area contributed by atoms with Crippen molar-refractivity contribution in [2.45, 2.75) is 26.5 Å². The summed E-state index contributed by atoms with van der Waals surface area (Å²) in [6.07, 6.45) is 3.20. The lowest BCUT2D eigenvalue weighted by atomic mass is 9.97. The number of ether oxygens (including phenoxy) is 4. The van der Waals surface area contributed by atoms with Gasteiger partial charge in [0.25, 0.3) is 5.56 Å². The van der Waals surface area contributed by atoms with Crippen LogP contribution in [-0.4, -0.2) is 41.9 Å². The molecule has 0 unspecified atom stereocenters. The minimum absolute atomic E-state index is 0.206. The molecule has 2 heterocycles. The molecule has 0 spiro atoms. The van der Waals surface area contributed by atoms with Crippen molar-refractivity contribution in [1.29, 1.82) is 0 Å². The standard InChI is InChI=1S/C33H29BrN2O8S/c1-4-42-26-13-11-22(16-27(26)43-5-2)29-23(32(40)41-3)17-35-33-36(29)30(37)28(45-33)15-20-8-12-25(24(34)14-20)44-18-19-6-9-21(10-7-19)31(38)39/h6-17,29H,4-5,18H2,1-3H3,(H,38,39)/b28-15-/t29-/m0/s1. The first-order chi connectivity index (χ1) is 21.7. The molecule has 45 heavy (non-hydrogen) atoms. The predicted molar refractivity (Wildman–Crippen MR) is 172 cm³/mol. The maximum atomic E-state index is 13.9. The van der Waals surface area contributed by atoms with E-state index in [2.05, 4.69) is 20.9 Å². The second-order valence-electron chi connectivity index (χ2n) is 9.73. The van der Waals surface area contributed by atoms with E-state index in [0.717, 1.165) is 11.1 Å². The van der Waals surface area contributed by atoms with Gasteiger partial charge in [-0.2, -0.15) is 0 Å². The molecule has 0 bridgehead atoms. The molecule has 12 heteroatoms. The Morgan fingerprint density at radius 3 is 2.36 bits per heavy atom.